The van der Waals surface area contributed by atoms with Crippen molar-refractivity contribution >= 4 is 40.8 Å². The molecule has 0 spiro atoms. The van der Waals surface area contributed by atoms with Gasteiger partial charge in [-0.15, -0.1) is 11.8 Å². The summed E-state index contributed by atoms with van der Waals surface area (Å²) in [6.45, 7) is 2.02. The summed E-state index contributed by atoms with van der Waals surface area (Å²) >= 11 is 1.64. The fourth-order valence-electron chi connectivity index (χ4n) is 3.19. The van der Waals surface area contributed by atoms with E-state index in [1.807, 2.05) is 48.7 Å². The van der Waals surface area contributed by atoms with Crippen molar-refractivity contribution in [1.29, 1.82) is 0 Å². The van der Waals surface area contributed by atoms with Crippen LogP contribution >= 0.6 is 11.8 Å². The quantitative estimate of drug-likeness (QED) is 0.321. The van der Waals surface area contributed by atoms with Crippen LogP contribution in [0.25, 0.3) is 16.9 Å². The summed E-state index contributed by atoms with van der Waals surface area (Å²) in [7, 11) is 0. The number of amides is 2. The highest BCUT2D eigenvalue weighted by atomic mass is 32.2. The van der Waals surface area contributed by atoms with Crippen LogP contribution in [0.2, 0.25) is 0 Å². The Bertz CT molecular complexity index is 1270. The molecule has 2 heterocycles. The predicted octanol–water partition coefficient (Wildman–Crippen LogP) is 4.94. The molecule has 0 unspecified atom stereocenters. The molecule has 162 valence electrons. The van der Waals surface area contributed by atoms with E-state index < -0.39 is 5.97 Å². The molecule has 0 aliphatic heterocycles. The summed E-state index contributed by atoms with van der Waals surface area (Å²) in [6, 6.07) is 16.4. The van der Waals surface area contributed by atoms with E-state index >= 15 is 0 Å². The zero-order chi connectivity index (χ0) is 22.5. The number of benzene rings is 2. The number of nitrogens with zero attached hydrogens (tertiary/aromatic N) is 3. The molecule has 0 bridgehead atoms. The highest BCUT2D eigenvalue weighted by Gasteiger charge is 2.17. The molecule has 0 saturated heterocycles. The number of fused-ring (bicyclic) bond motifs is 1. The third-order valence-corrected chi connectivity index (χ3v) is 5.40. The van der Waals surface area contributed by atoms with Gasteiger partial charge in [0.2, 0.25) is 0 Å². The van der Waals surface area contributed by atoms with Crippen LogP contribution in [-0.2, 0) is 4.74 Å². The second-order valence-electron chi connectivity index (χ2n) is 6.73. The average molecular weight is 448 g/mol. The molecule has 2 aromatic carbocycles. The standard InChI is InChI=1S/C23H21N5O3S/c1-3-31-22(29)19-14-25-28-20(11-12-24-21(19)28)15-5-4-6-17(13-15)27-23(30)26-16-7-9-18(32-2)10-8-16/h4-14H,3H2,1-2H3,(H2,26,27,30). The Balaban J connectivity index is 1.55. The summed E-state index contributed by atoms with van der Waals surface area (Å²) in [5.41, 5.74) is 3.56. The minimum absolute atomic E-state index is 0.271. The second-order valence-corrected chi connectivity index (χ2v) is 7.61. The third-order valence-electron chi connectivity index (χ3n) is 4.66. The van der Waals surface area contributed by atoms with Crippen molar-refractivity contribution in [3.8, 4) is 11.3 Å². The molecule has 0 radical (unpaired) electrons. The zero-order valence-corrected chi connectivity index (χ0v) is 18.3. The Morgan fingerprint density at radius 1 is 1.06 bits per heavy atom. The number of urea groups is 1. The Kier molecular flexibility index (Phi) is 6.37. The molecule has 2 aromatic heterocycles. The van der Waals surface area contributed by atoms with E-state index in [9.17, 15) is 9.59 Å². The van der Waals surface area contributed by atoms with Crippen LogP contribution in [-0.4, -0.2) is 39.5 Å². The summed E-state index contributed by atoms with van der Waals surface area (Å²) in [4.78, 5) is 30.0. The molecule has 2 N–H and O–H groups in total. The third kappa shape index (κ3) is 4.57. The first kappa shape index (κ1) is 21.4. The highest BCUT2D eigenvalue weighted by Crippen LogP contribution is 2.24. The van der Waals surface area contributed by atoms with Crippen LogP contribution in [0.1, 0.15) is 17.3 Å². The second kappa shape index (κ2) is 9.52. The van der Waals surface area contributed by atoms with Crippen LogP contribution in [0.5, 0.6) is 0 Å². The first-order chi connectivity index (χ1) is 15.6. The van der Waals surface area contributed by atoms with Crippen molar-refractivity contribution in [2.45, 2.75) is 11.8 Å². The van der Waals surface area contributed by atoms with E-state index in [0.29, 0.717) is 22.6 Å². The number of rotatable bonds is 6. The summed E-state index contributed by atoms with van der Waals surface area (Å²) < 4.78 is 6.66. The molecule has 0 fully saturated rings. The van der Waals surface area contributed by atoms with Crippen LogP contribution in [0.15, 0.2) is 71.9 Å². The van der Waals surface area contributed by atoms with Gasteiger partial charge in [-0.05, 0) is 55.6 Å². The van der Waals surface area contributed by atoms with Gasteiger partial charge in [0.05, 0.1) is 18.5 Å². The van der Waals surface area contributed by atoms with Gasteiger partial charge in [-0.25, -0.2) is 19.1 Å². The lowest BCUT2D eigenvalue weighted by Gasteiger charge is -2.10. The van der Waals surface area contributed by atoms with Crippen LogP contribution < -0.4 is 10.6 Å². The lowest BCUT2D eigenvalue weighted by atomic mass is 10.1. The van der Waals surface area contributed by atoms with Crippen molar-refractivity contribution in [3.63, 3.8) is 0 Å². The van der Waals surface area contributed by atoms with Crippen molar-refractivity contribution in [2.24, 2.45) is 0 Å². The first-order valence-corrected chi connectivity index (χ1v) is 11.1. The summed E-state index contributed by atoms with van der Waals surface area (Å²) in [5, 5.41) is 9.97. The summed E-state index contributed by atoms with van der Waals surface area (Å²) in [6.07, 6.45) is 5.06. The number of esters is 1. The number of nitrogens with one attached hydrogen (secondary N) is 2. The van der Waals surface area contributed by atoms with Crippen LogP contribution in [0.3, 0.4) is 0 Å². The van der Waals surface area contributed by atoms with Crippen molar-refractivity contribution < 1.29 is 14.3 Å². The van der Waals surface area contributed by atoms with Gasteiger partial charge in [-0.2, -0.15) is 5.10 Å². The van der Waals surface area contributed by atoms with Crippen LogP contribution in [0.4, 0.5) is 16.2 Å². The number of aromatic nitrogens is 3. The zero-order valence-electron chi connectivity index (χ0n) is 17.5. The van der Waals surface area contributed by atoms with Crippen LogP contribution in [0, 0.1) is 0 Å². The molecule has 0 aliphatic rings. The number of thioether (sulfide) groups is 1. The minimum Gasteiger partial charge on any atom is -0.462 e. The number of hydrogen-bond donors (Lipinski definition) is 2. The van der Waals surface area contributed by atoms with E-state index in [2.05, 4.69) is 20.7 Å². The SMILES string of the molecule is CCOC(=O)c1cnn2c(-c3cccc(NC(=O)Nc4ccc(SC)cc4)c3)ccnc12. The molecular formula is C23H21N5O3S. The highest BCUT2D eigenvalue weighted by molar-refractivity contribution is 7.98. The van der Waals surface area contributed by atoms with E-state index in [1.54, 1.807) is 41.5 Å². The van der Waals surface area contributed by atoms with Crippen molar-refractivity contribution in [1.82, 2.24) is 14.6 Å². The number of anilines is 2. The molecule has 4 rings (SSSR count). The molecule has 2 amide bonds. The molecule has 0 atom stereocenters. The Labute approximate surface area is 189 Å². The Morgan fingerprint density at radius 3 is 2.59 bits per heavy atom. The maximum atomic E-state index is 12.4. The summed E-state index contributed by atoms with van der Waals surface area (Å²) in [5.74, 6) is -0.468. The van der Waals surface area contributed by atoms with Gasteiger partial charge in [-0.3, -0.25) is 0 Å². The van der Waals surface area contributed by atoms with Gasteiger partial charge in [0.15, 0.2) is 5.65 Å². The molecular weight excluding hydrogens is 426 g/mol. The number of carbonyl (C=O) groups is 2. The van der Waals surface area contributed by atoms with E-state index in [4.69, 9.17) is 4.74 Å². The monoisotopic (exact) mass is 447 g/mol. The predicted molar refractivity (Wildman–Crippen MR) is 125 cm³/mol. The average Bonchev–Trinajstić information content (AvgIpc) is 3.24. The lowest BCUT2D eigenvalue weighted by molar-refractivity contribution is 0.0528. The Morgan fingerprint density at radius 2 is 1.84 bits per heavy atom. The maximum Gasteiger partial charge on any atom is 0.343 e. The fourth-order valence-corrected chi connectivity index (χ4v) is 3.60. The fraction of sp³-hybridized carbons (Fsp3) is 0.130. The minimum atomic E-state index is -0.468. The van der Waals surface area contributed by atoms with Gasteiger partial charge in [0.25, 0.3) is 0 Å². The van der Waals surface area contributed by atoms with Gasteiger partial charge < -0.3 is 15.4 Å². The molecule has 0 saturated carbocycles. The van der Waals surface area contributed by atoms with E-state index in [0.717, 1.165) is 16.2 Å². The van der Waals surface area contributed by atoms with Gasteiger partial charge in [0.1, 0.15) is 5.56 Å². The molecule has 4 aromatic rings. The van der Waals surface area contributed by atoms with Crippen molar-refractivity contribution in [2.75, 3.05) is 23.5 Å². The Hall–Kier alpha value is -3.85. The van der Waals surface area contributed by atoms with Crippen molar-refractivity contribution in [3.05, 3.63) is 72.6 Å². The first-order valence-electron chi connectivity index (χ1n) is 9.91. The molecule has 9 heteroatoms. The maximum absolute atomic E-state index is 12.4. The molecule has 32 heavy (non-hydrogen) atoms. The van der Waals surface area contributed by atoms with E-state index in [1.165, 1.54) is 6.20 Å². The number of hydrogen-bond acceptors (Lipinski definition) is 6. The van der Waals surface area contributed by atoms with Gasteiger partial charge in [-0.1, -0.05) is 12.1 Å². The smallest absolute Gasteiger partial charge is 0.343 e. The number of ether oxygens (including phenoxy) is 1. The molecule has 8 nitrogen and oxygen atoms in total. The van der Waals surface area contributed by atoms with Gasteiger partial charge >= 0.3 is 12.0 Å². The molecule has 0 aliphatic carbocycles. The van der Waals surface area contributed by atoms with E-state index in [-0.39, 0.29) is 12.6 Å². The normalized spacial score (nSPS) is 10.7. The van der Waals surface area contributed by atoms with Gasteiger partial charge in [0, 0.05) is 28.0 Å². The largest absolute Gasteiger partial charge is 0.462 e. The lowest BCUT2D eigenvalue weighted by Crippen LogP contribution is -2.19. The topological polar surface area (TPSA) is 97.6 Å². The number of carbonyl (C=O) groups excluding carboxylic acids is 2.